The molecule has 20 heavy (non-hydrogen) atoms. The van der Waals surface area contributed by atoms with Crippen LogP contribution in [0.5, 0.6) is 0 Å². The molecule has 0 saturated heterocycles. The third-order valence-electron chi connectivity index (χ3n) is 2.94. The van der Waals surface area contributed by atoms with Crippen molar-refractivity contribution >= 4 is 18.3 Å². The van der Waals surface area contributed by atoms with Crippen molar-refractivity contribution in [3.05, 3.63) is 35.4 Å². The number of methoxy groups -OCH3 is 1. The van der Waals surface area contributed by atoms with Gasteiger partial charge in [-0.15, -0.1) is 12.4 Å². The van der Waals surface area contributed by atoms with Gasteiger partial charge in [-0.1, -0.05) is 31.2 Å². The second-order valence-corrected chi connectivity index (χ2v) is 4.44. The highest BCUT2D eigenvalue weighted by molar-refractivity contribution is 5.85. The Morgan fingerprint density at radius 3 is 2.40 bits per heavy atom. The number of nitrogens with one attached hydrogen (secondary N) is 2. The molecule has 0 radical (unpaired) electrons. The molecule has 2 N–H and O–H groups in total. The summed E-state index contributed by atoms with van der Waals surface area (Å²) in [6, 6.07) is 8.54. The summed E-state index contributed by atoms with van der Waals surface area (Å²) in [5.41, 5.74) is 2.60. The van der Waals surface area contributed by atoms with Crippen molar-refractivity contribution in [2.45, 2.75) is 19.8 Å². The van der Waals surface area contributed by atoms with Gasteiger partial charge in [-0.25, -0.2) is 0 Å². The maximum atomic E-state index is 11.5. The molecule has 0 aliphatic carbocycles. The van der Waals surface area contributed by atoms with Crippen LogP contribution in [0.3, 0.4) is 0 Å². The van der Waals surface area contributed by atoms with Gasteiger partial charge >= 0.3 is 0 Å². The number of hydrogen-bond acceptors (Lipinski definition) is 3. The predicted octanol–water partition coefficient (Wildman–Crippen LogP) is 1.57. The first-order chi connectivity index (χ1) is 9.26. The average Bonchev–Trinajstić information content (AvgIpc) is 2.44. The van der Waals surface area contributed by atoms with Gasteiger partial charge in [0.25, 0.3) is 0 Å². The molecule has 4 nitrogen and oxygen atoms in total. The highest BCUT2D eigenvalue weighted by Crippen LogP contribution is 2.05. The molecule has 1 amide bonds. The summed E-state index contributed by atoms with van der Waals surface area (Å²) in [5, 5.41) is 5.91. The fourth-order valence-electron chi connectivity index (χ4n) is 1.73. The number of hydrogen-bond donors (Lipinski definition) is 2. The minimum absolute atomic E-state index is 0. The van der Waals surface area contributed by atoms with Gasteiger partial charge in [0.2, 0.25) is 5.91 Å². The summed E-state index contributed by atoms with van der Waals surface area (Å²) >= 11 is 0. The van der Waals surface area contributed by atoms with E-state index in [0.717, 1.165) is 12.8 Å². The maximum Gasteiger partial charge on any atom is 0.233 e. The molecule has 114 valence electrons. The van der Waals surface area contributed by atoms with Crippen molar-refractivity contribution in [2.24, 2.45) is 0 Å². The second-order valence-electron chi connectivity index (χ2n) is 4.44. The summed E-state index contributed by atoms with van der Waals surface area (Å²) in [5.74, 6) is 0.0290. The van der Waals surface area contributed by atoms with E-state index in [2.05, 4.69) is 41.8 Å². The molecule has 1 aromatic carbocycles. The zero-order chi connectivity index (χ0) is 13.9. The zero-order valence-electron chi connectivity index (χ0n) is 12.3. The molecule has 0 aliphatic heterocycles. The lowest BCUT2D eigenvalue weighted by Gasteiger charge is -2.07. The summed E-state index contributed by atoms with van der Waals surface area (Å²) in [7, 11) is 1.64. The molecule has 0 saturated carbocycles. The Balaban J connectivity index is 0.00000361. The first kappa shape index (κ1) is 18.9. The first-order valence-electron chi connectivity index (χ1n) is 6.80. The highest BCUT2D eigenvalue weighted by atomic mass is 35.5. The van der Waals surface area contributed by atoms with Crippen LogP contribution in [0, 0.1) is 0 Å². The van der Waals surface area contributed by atoms with Crippen LogP contribution in [0.2, 0.25) is 0 Å². The predicted molar refractivity (Wildman–Crippen MR) is 84.5 cm³/mol. The molecule has 0 aliphatic rings. The van der Waals surface area contributed by atoms with E-state index in [1.165, 1.54) is 11.1 Å². The van der Waals surface area contributed by atoms with Crippen LogP contribution in [0.25, 0.3) is 0 Å². The Hall–Kier alpha value is -1.10. The number of ether oxygens (including phenoxy) is 1. The zero-order valence-corrected chi connectivity index (χ0v) is 13.1. The second kappa shape index (κ2) is 11.7. The number of rotatable bonds is 9. The fraction of sp³-hybridized carbons (Fsp3) is 0.533. The van der Waals surface area contributed by atoms with Crippen molar-refractivity contribution in [3.63, 3.8) is 0 Å². The summed E-state index contributed by atoms with van der Waals surface area (Å²) in [6.07, 6.45) is 1.93. The quantitative estimate of drug-likeness (QED) is 0.681. The van der Waals surface area contributed by atoms with Crippen LogP contribution in [-0.4, -0.2) is 39.3 Å². The van der Waals surface area contributed by atoms with Crippen LogP contribution in [-0.2, 0) is 22.4 Å². The van der Waals surface area contributed by atoms with E-state index < -0.39 is 0 Å². The molecular formula is C15H25ClN2O2. The van der Waals surface area contributed by atoms with Gasteiger partial charge in [0.15, 0.2) is 0 Å². The average molecular weight is 301 g/mol. The van der Waals surface area contributed by atoms with E-state index in [1.54, 1.807) is 7.11 Å². The Bertz CT molecular complexity index is 369. The third-order valence-corrected chi connectivity index (χ3v) is 2.94. The SMILES string of the molecule is CCc1ccc(CCNC(=O)CNCCOC)cc1.Cl. The summed E-state index contributed by atoms with van der Waals surface area (Å²) in [4.78, 5) is 11.5. The Morgan fingerprint density at radius 2 is 1.80 bits per heavy atom. The molecule has 0 spiro atoms. The van der Waals surface area contributed by atoms with Gasteiger partial charge in [0.1, 0.15) is 0 Å². The Kier molecular flexibility index (Phi) is 11.1. The minimum Gasteiger partial charge on any atom is -0.383 e. The lowest BCUT2D eigenvalue weighted by molar-refractivity contribution is -0.120. The molecule has 0 bridgehead atoms. The van der Waals surface area contributed by atoms with Gasteiger partial charge < -0.3 is 15.4 Å². The Labute approximate surface area is 127 Å². The molecule has 0 aromatic heterocycles. The number of halogens is 1. The number of benzene rings is 1. The van der Waals surface area contributed by atoms with E-state index in [-0.39, 0.29) is 18.3 Å². The van der Waals surface area contributed by atoms with E-state index in [9.17, 15) is 4.79 Å². The van der Waals surface area contributed by atoms with Gasteiger partial charge in [0.05, 0.1) is 13.2 Å². The van der Waals surface area contributed by atoms with Gasteiger partial charge in [-0.05, 0) is 24.0 Å². The first-order valence-corrected chi connectivity index (χ1v) is 6.80. The van der Waals surface area contributed by atoms with Crippen molar-refractivity contribution < 1.29 is 9.53 Å². The number of amides is 1. The van der Waals surface area contributed by atoms with Crippen molar-refractivity contribution in [3.8, 4) is 0 Å². The molecule has 1 aromatic rings. The van der Waals surface area contributed by atoms with E-state index in [1.807, 2.05) is 0 Å². The van der Waals surface area contributed by atoms with Gasteiger partial charge in [-0.2, -0.15) is 0 Å². The summed E-state index contributed by atoms with van der Waals surface area (Å²) in [6.45, 7) is 4.49. The van der Waals surface area contributed by atoms with E-state index in [0.29, 0.717) is 26.2 Å². The van der Waals surface area contributed by atoms with Crippen LogP contribution in [0.4, 0.5) is 0 Å². The fourth-order valence-corrected chi connectivity index (χ4v) is 1.73. The lowest BCUT2D eigenvalue weighted by Crippen LogP contribution is -2.36. The van der Waals surface area contributed by atoms with Crippen molar-refractivity contribution in [1.29, 1.82) is 0 Å². The molecule has 0 atom stereocenters. The van der Waals surface area contributed by atoms with Crippen LogP contribution >= 0.6 is 12.4 Å². The molecular weight excluding hydrogens is 276 g/mol. The molecule has 1 rings (SSSR count). The third kappa shape index (κ3) is 8.15. The van der Waals surface area contributed by atoms with E-state index >= 15 is 0 Å². The topological polar surface area (TPSA) is 50.4 Å². The minimum atomic E-state index is 0. The normalized spacial score (nSPS) is 9.90. The number of aryl methyl sites for hydroxylation is 1. The van der Waals surface area contributed by atoms with E-state index in [4.69, 9.17) is 4.74 Å². The van der Waals surface area contributed by atoms with Gasteiger partial charge in [0, 0.05) is 20.2 Å². The van der Waals surface area contributed by atoms with Crippen LogP contribution in [0.15, 0.2) is 24.3 Å². The van der Waals surface area contributed by atoms with Crippen molar-refractivity contribution in [2.75, 3.05) is 33.4 Å². The molecule has 0 unspecified atom stereocenters. The largest absolute Gasteiger partial charge is 0.383 e. The standard InChI is InChI=1S/C15H24N2O2.ClH/c1-3-13-4-6-14(7-5-13)8-9-17-15(18)12-16-10-11-19-2;/h4-7,16H,3,8-12H2,1-2H3,(H,17,18);1H. The number of carbonyl (C=O) groups excluding carboxylic acids is 1. The molecule has 0 fully saturated rings. The molecule has 0 heterocycles. The lowest BCUT2D eigenvalue weighted by atomic mass is 10.1. The maximum absolute atomic E-state index is 11.5. The van der Waals surface area contributed by atoms with Crippen LogP contribution < -0.4 is 10.6 Å². The highest BCUT2D eigenvalue weighted by Gasteiger charge is 2.00. The van der Waals surface area contributed by atoms with Gasteiger partial charge in [-0.3, -0.25) is 4.79 Å². The smallest absolute Gasteiger partial charge is 0.233 e. The summed E-state index contributed by atoms with van der Waals surface area (Å²) < 4.78 is 4.89. The number of carbonyl (C=O) groups is 1. The monoisotopic (exact) mass is 300 g/mol. The molecule has 5 heteroatoms. The van der Waals surface area contributed by atoms with Crippen molar-refractivity contribution in [1.82, 2.24) is 10.6 Å². The Morgan fingerprint density at radius 1 is 1.15 bits per heavy atom. The van der Waals surface area contributed by atoms with Crippen LogP contribution in [0.1, 0.15) is 18.1 Å².